The number of Topliss-reactive ketones (excluding diaryl/α,β-unsaturated/α-hetero) is 1. The maximum Gasteiger partial charge on any atom is 0.340 e. The van der Waals surface area contributed by atoms with E-state index >= 15 is 0 Å². The van der Waals surface area contributed by atoms with Gasteiger partial charge in [-0.05, 0) is 34.6 Å². The van der Waals surface area contributed by atoms with Crippen LogP contribution in [-0.4, -0.2) is 55.5 Å². The number of aryl methyl sites for hydroxylation is 4. The molecule has 30 heavy (non-hydrogen) atoms. The number of esters is 2. The second kappa shape index (κ2) is 8.44. The van der Waals surface area contributed by atoms with Gasteiger partial charge < -0.3 is 14.5 Å². The Morgan fingerprint density at radius 2 is 1.77 bits per heavy atom. The quantitative estimate of drug-likeness (QED) is 0.459. The van der Waals surface area contributed by atoms with E-state index in [2.05, 4.69) is 20.1 Å². The van der Waals surface area contributed by atoms with Gasteiger partial charge in [-0.25, -0.2) is 14.3 Å². The largest absolute Gasteiger partial charge is 0.462 e. The van der Waals surface area contributed by atoms with E-state index in [1.54, 1.807) is 32.2 Å². The SMILES string of the molecule is CCOC(=O)c1c(C)[nH]c(C)c1C(=O)COC(=O)Cc1c(C)nc2ncnn2c1C. The Morgan fingerprint density at radius 1 is 1.07 bits per heavy atom. The highest BCUT2D eigenvalue weighted by Crippen LogP contribution is 2.21. The van der Waals surface area contributed by atoms with Gasteiger partial charge >= 0.3 is 11.9 Å². The smallest absolute Gasteiger partial charge is 0.340 e. The van der Waals surface area contributed by atoms with Gasteiger partial charge in [0.1, 0.15) is 6.33 Å². The first-order chi connectivity index (χ1) is 14.2. The third kappa shape index (κ3) is 3.93. The molecule has 0 aliphatic heterocycles. The number of fused-ring (bicyclic) bond motifs is 1. The van der Waals surface area contributed by atoms with Crippen LogP contribution in [0.15, 0.2) is 6.33 Å². The second-order valence-electron chi connectivity index (χ2n) is 6.84. The molecule has 3 heterocycles. The number of carbonyl (C=O) groups is 3. The first-order valence-corrected chi connectivity index (χ1v) is 9.45. The maximum absolute atomic E-state index is 12.7. The molecule has 0 aliphatic carbocycles. The van der Waals surface area contributed by atoms with Crippen molar-refractivity contribution in [3.8, 4) is 0 Å². The molecule has 3 aromatic rings. The number of nitrogens with zero attached hydrogens (tertiary/aromatic N) is 4. The lowest BCUT2D eigenvalue weighted by Gasteiger charge is -2.10. The van der Waals surface area contributed by atoms with E-state index in [1.165, 1.54) is 6.33 Å². The van der Waals surface area contributed by atoms with Gasteiger partial charge in [0.15, 0.2) is 6.61 Å². The van der Waals surface area contributed by atoms with Crippen molar-refractivity contribution in [2.24, 2.45) is 0 Å². The second-order valence-corrected chi connectivity index (χ2v) is 6.84. The van der Waals surface area contributed by atoms with E-state index in [0.29, 0.717) is 28.4 Å². The average molecular weight is 413 g/mol. The number of carbonyl (C=O) groups excluding carboxylic acids is 3. The molecule has 10 heteroatoms. The number of aromatic nitrogens is 5. The number of H-pyrrole nitrogens is 1. The molecule has 0 amide bonds. The van der Waals surface area contributed by atoms with Crippen LogP contribution in [0.1, 0.15) is 56.0 Å². The van der Waals surface area contributed by atoms with Crippen molar-refractivity contribution in [3.05, 3.63) is 45.8 Å². The van der Waals surface area contributed by atoms with E-state index in [9.17, 15) is 14.4 Å². The van der Waals surface area contributed by atoms with Crippen molar-refractivity contribution in [2.75, 3.05) is 13.2 Å². The predicted molar refractivity (Wildman–Crippen MR) is 105 cm³/mol. The van der Waals surface area contributed by atoms with Crippen LogP contribution in [0.25, 0.3) is 5.78 Å². The number of aromatic amines is 1. The summed E-state index contributed by atoms with van der Waals surface area (Å²) in [5, 5.41) is 4.08. The molecular formula is C20H23N5O5. The lowest BCUT2D eigenvalue weighted by Crippen LogP contribution is -2.20. The number of nitrogens with one attached hydrogen (secondary N) is 1. The minimum absolute atomic E-state index is 0.0658. The summed E-state index contributed by atoms with van der Waals surface area (Å²) in [6.07, 6.45) is 1.32. The molecule has 0 bridgehead atoms. The molecule has 0 saturated carbocycles. The molecule has 0 saturated heterocycles. The fourth-order valence-corrected chi connectivity index (χ4v) is 3.41. The highest BCUT2D eigenvalue weighted by atomic mass is 16.5. The normalized spacial score (nSPS) is 11.0. The molecule has 158 valence electrons. The third-order valence-electron chi connectivity index (χ3n) is 4.81. The van der Waals surface area contributed by atoms with Crippen LogP contribution >= 0.6 is 0 Å². The molecule has 1 N–H and O–H groups in total. The monoisotopic (exact) mass is 413 g/mol. The van der Waals surface area contributed by atoms with Crippen LogP contribution in [0.5, 0.6) is 0 Å². The van der Waals surface area contributed by atoms with Crippen LogP contribution in [0, 0.1) is 27.7 Å². The Balaban J connectivity index is 1.73. The molecular weight excluding hydrogens is 390 g/mol. The van der Waals surface area contributed by atoms with Crippen molar-refractivity contribution in [2.45, 2.75) is 41.0 Å². The zero-order valence-corrected chi connectivity index (χ0v) is 17.5. The standard InChI is InChI=1S/C20H23N5O5/c1-6-29-19(28)18-12(4)23-11(3)17(18)15(26)8-30-16(27)7-14-10(2)24-20-21-9-22-25(20)13(14)5/h9,23H,6-8H2,1-5H3. The highest BCUT2D eigenvalue weighted by Gasteiger charge is 2.26. The zero-order valence-electron chi connectivity index (χ0n) is 17.5. The molecule has 3 rings (SSSR count). The van der Waals surface area contributed by atoms with Gasteiger partial charge in [-0.3, -0.25) is 9.59 Å². The van der Waals surface area contributed by atoms with E-state index < -0.39 is 24.3 Å². The fraction of sp³-hybridized carbons (Fsp3) is 0.400. The lowest BCUT2D eigenvalue weighted by molar-refractivity contribution is -0.141. The Hall–Kier alpha value is -3.56. The van der Waals surface area contributed by atoms with Crippen LogP contribution in [0.4, 0.5) is 0 Å². The van der Waals surface area contributed by atoms with Crippen molar-refractivity contribution in [3.63, 3.8) is 0 Å². The summed E-state index contributed by atoms with van der Waals surface area (Å²) in [5.74, 6) is -1.21. The molecule has 3 aromatic heterocycles. The number of rotatable bonds is 7. The topological polar surface area (TPSA) is 129 Å². The van der Waals surface area contributed by atoms with E-state index in [-0.39, 0.29) is 24.2 Å². The van der Waals surface area contributed by atoms with Crippen LogP contribution in [0.2, 0.25) is 0 Å². The van der Waals surface area contributed by atoms with Gasteiger partial charge in [-0.15, -0.1) is 0 Å². The Bertz CT molecular complexity index is 1140. The van der Waals surface area contributed by atoms with Gasteiger partial charge in [-0.2, -0.15) is 10.1 Å². The first kappa shape index (κ1) is 21.2. The molecule has 10 nitrogen and oxygen atoms in total. The summed E-state index contributed by atoms with van der Waals surface area (Å²) in [7, 11) is 0. The number of hydrogen-bond donors (Lipinski definition) is 1. The number of hydrogen-bond acceptors (Lipinski definition) is 8. The molecule has 0 atom stereocenters. The van der Waals surface area contributed by atoms with Gasteiger partial charge in [0.05, 0.1) is 24.2 Å². The number of ether oxygens (including phenoxy) is 2. The number of ketones is 1. The molecule has 0 fully saturated rings. The average Bonchev–Trinajstić information content (AvgIpc) is 3.26. The predicted octanol–water partition coefficient (Wildman–Crippen LogP) is 1.83. The van der Waals surface area contributed by atoms with E-state index in [4.69, 9.17) is 9.47 Å². The summed E-state index contributed by atoms with van der Waals surface area (Å²) in [5.41, 5.74) is 3.41. The van der Waals surface area contributed by atoms with Gasteiger partial charge in [0.2, 0.25) is 5.78 Å². The summed E-state index contributed by atoms with van der Waals surface area (Å²) >= 11 is 0. The van der Waals surface area contributed by atoms with Gasteiger partial charge in [-0.1, -0.05) is 0 Å². The van der Waals surface area contributed by atoms with Crippen molar-refractivity contribution in [1.82, 2.24) is 24.6 Å². The van der Waals surface area contributed by atoms with Crippen molar-refractivity contribution >= 4 is 23.5 Å². The zero-order chi connectivity index (χ0) is 22.0. The molecule has 0 spiro atoms. The summed E-state index contributed by atoms with van der Waals surface area (Å²) < 4.78 is 11.8. The Morgan fingerprint density at radius 3 is 2.47 bits per heavy atom. The van der Waals surface area contributed by atoms with E-state index in [0.717, 1.165) is 5.69 Å². The minimum Gasteiger partial charge on any atom is -0.462 e. The Kier molecular flexibility index (Phi) is 5.95. The molecule has 0 unspecified atom stereocenters. The Labute approximate surface area is 172 Å². The maximum atomic E-state index is 12.7. The molecule has 0 aliphatic rings. The first-order valence-electron chi connectivity index (χ1n) is 9.45. The lowest BCUT2D eigenvalue weighted by atomic mass is 10.1. The van der Waals surface area contributed by atoms with Crippen LogP contribution in [-0.2, 0) is 20.7 Å². The fourth-order valence-electron chi connectivity index (χ4n) is 3.41. The summed E-state index contributed by atoms with van der Waals surface area (Å²) in [6.45, 7) is 8.33. The summed E-state index contributed by atoms with van der Waals surface area (Å²) in [4.78, 5) is 48.6. The van der Waals surface area contributed by atoms with Gasteiger partial charge in [0, 0.05) is 28.3 Å². The van der Waals surface area contributed by atoms with Gasteiger partial charge in [0.25, 0.3) is 5.78 Å². The third-order valence-corrected chi connectivity index (χ3v) is 4.81. The van der Waals surface area contributed by atoms with Crippen LogP contribution < -0.4 is 0 Å². The van der Waals surface area contributed by atoms with E-state index in [1.807, 2.05) is 6.92 Å². The minimum atomic E-state index is -0.590. The van der Waals surface area contributed by atoms with Crippen LogP contribution in [0.3, 0.4) is 0 Å². The highest BCUT2D eigenvalue weighted by molar-refractivity contribution is 6.09. The molecule has 0 aromatic carbocycles. The summed E-state index contributed by atoms with van der Waals surface area (Å²) in [6, 6.07) is 0. The van der Waals surface area contributed by atoms with Crippen molar-refractivity contribution in [1.29, 1.82) is 0 Å². The molecule has 0 radical (unpaired) electrons. The van der Waals surface area contributed by atoms with Crippen molar-refractivity contribution < 1.29 is 23.9 Å².